The van der Waals surface area contributed by atoms with Crippen molar-refractivity contribution >= 4 is 23.2 Å². The maximum Gasteiger partial charge on any atom is 0.269 e. The van der Waals surface area contributed by atoms with E-state index in [0.29, 0.717) is 22.0 Å². The van der Waals surface area contributed by atoms with Gasteiger partial charge >= 0.3 is 0 Å². The summed E-state index contributed by atoms with van der Waals surface area (Å²) >= 11 is 6.00. The molecule has 1 aromatic carbocycles. The number of hydrogen-bond acceptors (Lipinski definition) is 4. The molecule has 1 aromatic heterocycles. The lowest BCUT2D eigenvalue weighted by molar-refractivity contribution is -0.116. The molecular weight excluding hydrogens is 330 g/mol. The Bertz CT molecular complexity index is 868. The van der Waals surface area contributed by atoms with E-state index in [-0.39, 0.29) is 18.7 Å². The van der Waals surface area contributed by atoms with Gasteiger partial charge in [0.25, 0.3) is 5.56 Å². The first-order valence-corrected chi connectivity index (χ1v) is 7.52. The van der Waals surface area contributed by atoms with Crippen molar-refractivity contribution in [2.24, 2.45) is 0 Å². The van der Waals surface area contributed by atoms with Crippen LogP contribution in [0.4, 0.5) is 5.69 Å². The molecule has 0 unspecified atom stereocenters. The van der Waals surface area contributed by atoms with Crippen LogP contribution in [0, 0.1) is 18.3 Å². The van der Waals surface area contributed by atoms with Crippen LogP contribution in [0.25, 0.3) is 0 Å². The second-order valence-electron chi connectivity index (χ2n) is 5.15. The number of nitrogens with one attached hydrogen (secondary N) is 1. The van der Waals surface area contributed by atoms with Gasteiger partial charge in [0, 0.05) is 18.4 Å². The number of amides is 1. The molecule has 0 aliphatic rings. The number of hydrogen-bond donors (Lipinski definition) is 1. The van der Waals surface area contributed by atoms with Crippen molar-refractivity contribution in [1.82, 2.24) is 4.57 Å². The first kappa shape index (κ1) is 17.7. The second-order valence-corrected chi connectivity index (χ2v) is 5.56. The molecule has 0 saturated heterocycles. The number of para-hydroxylation sites is 1. The summed E-state index contributed by atoms with van der Waals surface area (Å²) in [6, 6.07) is 10.4. The van der Waals surface area contributed by atoms with Gasteiger partial charge in [-0.05, 0) is 25.1 Å². The molecule has 7 heteroatoms. The van der Waals surface area contributed by atoms with Gasteiger partial charge in [0.05, 0.1) is 17.3 Å². The van der Waals surface area contributed by atoms with Gasteiger partial charge in [-0.2, -0.15) is 5.26 Å². The zero-order valence-corrected chi connectivity index (χ0v) is 14.1. The van der Waals surface area contributed by atoms with Gasteiger partial charge < -0.3 is 14.6 Å². The number of aryl methyl sites for hydroxylation is 1. The van der Waals surface area contributed by atoms with Crippen molar-refractivity contribution in [2.75, 3.05) is 12.4 Å². The molecule has 1 amide bonds. The molecule has 0 spiro atoms. The van der Waals surface area contributed by atoms with Crippen molar-refractivity contribution in [3.63, 3.8) is 0 Å². The summed E-state index contributed by atoms with van der Waals surface area (Å²) in [5.41, 5.74) is 1.00. The standard InChI is InChI=1S/C17H16ClN3O3/c1-11-7-12(10-24-2)13(8-19)17(23)21(11)9-16(22)20-15-6-4-3-5-14(15)18/h3-7H,9-10H2,1-2H3,(H,20,22). The number of rotatable bonds is 5. The summed E-state index contributed by atoms with van der Waals surface area (Å²) in [4.78, 5) is 24.7. The zero-order valence-electron chi connectivity index (χ0n) is 13.3. The number of aromatic nitrogens is 1. The van der Waals surface area contributed by atoms with E-state index >= 15 is 0 Å². The summed E-state index contributed by atoms with van der Waals surface area (Å²) in [6.45, 7) is 1.65. The molecule has 124 valence electrons. The van der Waals surface area contributed by atoms with Crippen molar-refractivity contribution in [1.29, 1.82) is 5.26 Å². The molecule has 0 atom stereocenters. The van der Waals surface area contributed by atoms with Gasteiger partial charge in [0.2, 0.25) is 5.91 Å². The Morgan fingerprint density at radius 2 is 2.12 bits per heavy atom. The Morgan fingerprint density at radius 1 is 1.42 bits per heavy atom. The summed E-state index contributed by atoms with van der Waals surface area (Å²) in [6.07, 6.45) is 0. The van der Waals surface area contributed by atoms with Crippen molar-refractivity contribution in [2.45, 2.75) is 20.1 Å². The van der Waals surface area contributed by atoms with E-state index in [1.54, 1.807) is 37.3 Å². The van der Waals surface area contributed by atoms with Crippen LogP contribution in [-0.4, -0.2) is 17.6 Å². The molecule has 0 bridgehead atoms. The molecule has 1 N–H and O–H groups in total. The Morgan fingerprint density at radius 3 is 2.75 bits per heavy atom. The van der Waals surface area contributed by atoms with Crippen LogP contribution in [0.2, 0.25) is 5.02 Å². The van der Waals surface area contributed by atoms with Crippen LogP contribution >= 0.6 is 11.6 Å². The number of nitriles is 1. The molecule has 0 saturated carbocycles. The minimum absolute atomic E-state index is 0.0204. The van der Waals surface area contributed by atoms with Gasteiger partial charge in [0.15, 0.2) is 0 Å². The number of nitrogens with zero attached hydrogens (tertiary/aromatic N) is 2. The lowest BCUT2D eigenvalue weighted by atomic mass is 10.1. The number of methoxy groups -OCH3 is 1. The highest BCUT2D eigenvalue weighted by Crippen LogP contribution is 2.20. The first-order chi connectivity index (χ1) is 11.5. The minimum atomic E-state index is -0.515. The fraction of sp³-hybridized carbons (Fsp3) is 0.235. The van der Waals surface area contributed by atoms with Crippen LogP contribution in [0.1, 0.15) is 16.8 Å². The molecule has 0 aliphatic heterocycles. The fourth-order valence-corrected chi connectivity index (χ4v) is 2.50. The Kier molecular flexibility index (Phi) is 5.74. The molecule has 24 heavy (non-hydrogen) atoms. The lowest BCUT2D eigenvalue weighted by Gasteiger charge is -2.13. The number of benzene rings is 1. The maximum atomic E-state index is 12.5. The largest absolute Gasteiger partial charge is 0.380 e. The van der Waals surface area contributed by atoms with Gasteiger partial charge in [-0.1, -0.05) is 23.7 Å². The summed E-state index contributed by atoms with van der Waals surface area (Å²) in [7, 11) is 1.49. The predicted octanol–water partition coefficient (Wildman–Crippen LogP) is 2.47. The van der Waals surface area contributed by atoms with Crippen LogP contribution in [0.3, 0.4) is 0 Å². The predicted molar refractivity (Wildman–Crippen MR) is 90.9 cm³/mol. The molecule has 0 aliphatic carbocycles. The molecule has 1 heterocycles. The molecule has 6 nitrogen and oxygen atoms in total. The van der Waals surface area contributed by atoms with Crippen molar-refractivity contribution in [3.8, 4) is 6.07 Å². The third-order valence-corrected chi connectivity index (χ3v) is 3.78. The smallest absolute Gasteiger partial charge is 0.269 e. The number of carbonyl (C=O) groups excluding carboxylic acids is 1. The number of halogens is 1. The SMILES string of the molecule is COCc1cc(C)n(CC(=O)Nc2ccccc2Cl)c(=O)c1C#N. The lowest BCUT2D eigenvalue weighted by Crippen LogP contribution is -2.31. The molecule has 0 fully saturated rings. The molecular formula is C17H16ClN3O3. The second kappa shape index (κ2) is 7.77. The number of anilines is 1. The first-order valence-electron chi connectivity index (χ1n) is 7.14. The summed E-state index contributed by atoms with van der Waals surface area (Å²) in [5.74, 6) is -0.406. The van der Waals surface area contributed by atoms with Crippen molar-refractivity contribution in [3.05, 3.63) is 62.5 Å². The third kappa shape index (κ3) is 3.82. The summed E-state index contributed by atoms with van der Waals surface area (Å²) in [5, 5.41) is 12.3. The Labute approximate surface area is 144 Å². The van der Waals surface area contributed by atoms with Gasteiger partial charge in [-0.25, -0.2) is 0 Å². The normalized spacial score (nSPS) is 10.2. The number of pyridine rings is 1. The van der Waals surface area contributed by atoms with Crippen LogP contribution in [0.15, 0.2) is 35.1 Å². The zero-order chi connectivity index (χ0) is 17.7. The fourth-order valence-electron chi connectivity index (χ4n) is 2.32. The Hall–Kier alpha value is -2.62. The quantitative estimate of drug-likeness (QED) is 0.902. The van der Waals surface area contributed by atoms with E-state index in [4.69, 9.17) is 16.3 Å². The van der Waals surface area contributed by atoms with Crippen molar-refractivity contribution < 1.29 is 9.53 Å². The Balaban J connectivity index is 2.30. The highest BCUT2D eigenvalue weighted by molar-refractivity contribution is 6.33. The van der Waals surface area contributed by atoms with Gasteiger partial charge in [0.1, 0.15) is 18.2 Å². The van der Waals surface area contributed by atoms with E-state index < -0.39 is 11.5 Å². The average molecular weight is 346 g/mol. The van der Waals surface area contributed by atoms with E-state index in [9.17, 15) is 14.9 Å². The highest BCUT2D eigenvalue weighted by Gasteiger charge is 2.15. The molecule has 2 rings (SSSR count). The van der Waals surface area contributed by atoms with Gasteiger partial charge in [-0.3, -0.25) is 9.59 Å². The summed E-state index contributed by atoms with van der Waals surface area (Å²) < 4.78 is 6.25. The third-order valence-electron chi connectivity index (χ3n) is 3.45. The van der Waals surface area contributed by atoms with Crippen LogP contribution < -0.4 is 10.9 Å². The van der Waals surface area contributed by atoms with Crippen LogP contribution in [0.5, 0.6) is 0 Å². The van der Waals surface area contributed by atoms with E-state index in [2.05, 4.69) is 5.32 Å². The van der Waals surface area contributed by atoms with Gasteiger partial charge in [-0.15, -0.1) is 0 Å². The topological polar surface area (TPSA) is 84.1 Å². The van der Waals surface area contributed by atoms with E-state index in [1.165, 1.54) is 11.7 Å². The maximum absolute atomic E-state index is 12.5. The van der Waals surface area contributed by atoms with Crippen LogP contribution in [-0.2, 0) is 22.7 Å². The highest BCUT2D eigenvalue weighted by atomic mass is 35.5. The number of ether oxygens (including phenoxy) is 1. The monoisotopic (exact) mass is 345 g/mol. The molecule has 0 radical (unpaired) electrons. The average Bonchev–Trinajstić information content (AvgIpc) is 2.54. The minimum Gasteiger partial charge on any atom is -0.380 e. The van der Waals surface area contributed by atoms with E-state index in [1.807, 2.05) is 6.07 Å². The van der Waals surface area contributed by atoms with E-state index in [0.717, 1.165) is 0 Å². The molecule has 2 aromatic rings. The number of carbonyl (C=O) groups is 1.